The molecule has 2 rings (SSSR count). The van der Waals surface area contributed by atoms with E-state index in [-0.39, 0.29) is 6.42 Å². The molecular formula is C11H10F3NO. The molecule has 0 saturated carbocycles. The summed E-state index contributed by atoms with van der Waals surface area (Å²) >= 11 is 0. The molecule has 1 aliphatic heterocycles. The molecule has 0 radical (unpaired) electrons. The van der Waals surface area contributed by atoms with Crippen LogP contribution in [0.25, 0.3) is 0 Å². The Balaban J connectivity index is 1.93. The maximum Gasteiger partial charge on any atom is 0.432 e. The summed E-state index contributed by atoms with van der Waals surface area (Å²) < 4.78 is 36.8. The molecule has 0 N–H and O–H groups in total. The van der Waals surface area contributed by atoms with Crippen LogP contribution < -0.4 is 0 Å². The van der Waals surface area contributed by atoms with E-state index in [1.807, 2.05) is 30.3 Å². The van der Waals surface area contributed by atoms with Crippen LogP contribution in [0.3, 0.4) is 0 Å². The summed E-state index contributed by atoms with van der Waals surface area (Å²) in [6.07, 6.45) is -4.59. The van der Waals surface area contributed by atoms with E-state index < -0.39 is 18.0 Å². The Morgan fingerprint density at radius 3 is 2.50 bits per heavy atom. The van der Waals surface area contributed by atoms with Crippen molar-refractivity contribution in [1.29, 1.82) is 0 Å². The summed E-state index contributed by atoms with van der Waals surface area (Å²) in [5.74, 6) is 0. The SMILES string of the molecule is FC(F)(F)C1=NOC(Cc2ccccc2)C1. The van der Waals surface area contributed by atoms with Gasteiger partial charge in [-0.15, -0.1) is 0 Å². The van der Waals surface area contributed by atoms with Crippen LogP contribution in [0.4, 0.5) is 13.2 Å². The molecular weight excluding hydrogens is 219 g/mol. The third-order valence-corrected chi connectivity index (χ3v) is 2.37. The first-order valence-corrected chi connectivity index (χ1v) is 4.89. The Bertz CT molecular complexity index is 386. The molecule has 0 fully saturated rings. The zero-order chi connectivity index (χ0) is 11.6. The van der Waals surface area contributed by atoms with Gasteiger partial charge < -0.3 is 4.84 Å². The predicted molar refractivity (Wildman–Crippen MR) is 53.1 cm³/mol. The molecule has 2 nitrogen and oxygen atoms in total. The van der Waals surface area contributed by atoms with E-state index >= 15 is 0 Å². The van der Waals surface area contributed by atoms with Crippen LogP contribution in [-0.2, 0) is 11.3 Å². The second-order valence-electron chi connectivity index (χ2n) is 3.66. The third-order valence-electron chi connectivity index (χ3n) is 2.37. The van der Waals surface area contributed by atoms with E-state index in [4.69, 9.17) is 4.84 Å². The van der Waals surface area contributed by atoms with Crippen LogP contribution >= 0.6 is 0 Å². The highest BCUT2D eigenvalue weighted by molar-refractivity contribution is 5.90. The van der Waals surface area contributed by atoms with Gasteiger partial charge in [-0.2, -0.15) is 13.2 Å². The van der Waals surface area contributed by atoms with Gasteiger partial charge in [0, 0.05) is 12.8 Å². The van der Waals surface area contributed by atoms with Crippen molar-refractivity contribution < 1.29 is 18.0 Å². The number of rotatable bonds is 2. The first-order chi connectivity index (χ1) is 7.55. The Morgan fingerprint density at radius 1 is 1.25 bits per heavy atom. The first-order valence-electron chi connectivity index (χ1n) is 4.89. The van der Waals surface area contributed by atoms with E-state index in [1.165, 1.54) is 0 Å². The van der Waals surface area contributed by atoms with Crippen molar-refractivity contribution in [3.05, 3.63) is 35.9 Å². The number of hydrogen-bond donors (Lipinski definition) is 0. The van der Waals surface area contributed by atoms with Gasteiger partial charge in [-0.25, -0.2) is 0 Å². The van der Waals surface area contributed by atoms with Crippen LogP contribution in [0.5, 0.6) is 0 Å². The van der Waals surface area contributed by atoms with Gasteiger partial charge in [0.2, 0.25) is 0 Å². The van der Waals surface area contributed by atoms with E-state index in [1.54, 1.807) is 0 Å². The van der Waals surface area contributed by atoms with Gasteiger partial charge in [-0.3, -0.25) is 0 Å². The van der Waals surface area contributed by atoms with E-state index in [0.717, 1.165) is 5.56 Å². The molecule has 0 aromatic heterocycles. The largest absolute Gasteiger partial charge is 0.432 e. The molecule has 5 heteroatoms. The fourth-order valence-electron chi connectivity index (χ4n) is 1.58. The summed E-state index contributed by atoms with van der Waals surface area (Å²) in [4.78, 5) is 4.76. The minimum absolute atomic E-state index is 0.168. The summed E-state index contributed by atoms with van der Waals surface area (Å²) in [5.41, 5.74) is 0.125. The maximum absolute atomic E-state index is 12.3. The maximum atomic E-state index is 12.3. The molecule has 1 aromatic rings. The van der Waals surface area contributed by atoms with Gasteiger partial charge >= 0.3 is 6.18 Å². The molecule has 1 unspecified atom stereocenters. The number of alkyl halides is 3. The fourth-order valence-corrected chi connectivity index (χ4v) is 1.58. The average Bonchev–Trinajstić information content (AvgIpc) is 2.67. The molecule has 16 heavy (non-hydrogen) atoms. The predicted octanol–water partition coefficient (Wildman–Crippen LogP) is 2.94. The summed E-state index contributed by atoms with van der Waals surface area (Å²) in [6, 6.07) is 9.26. The Morgan fingerprint density at radius 2 is 1.94 bits per heavy atom. The molecule has 0 bridgehead atoms. The number of benzene rings is 1. The lowest BCUT2D eigenvalue weighted by Gasteiger charge is -2.08. The van der Waals surface area contributed by atoms with Crippen molar-refractivity contribution in [2.45, 2.75) is 25.1 Å². The van der Waals surface area contributed by atoms with Gasteiger partial charge in [0.25, 0.3) is 0 Å². The lowest BCUT2D eigenvalue weighted by atomic mass is 10.0. The molecule has 0 saturated heterocycles. The number of hydrogen-bond acceptors (Lipinski definition) is 2. The van der Waals surface area contributed by atoms with Gasteiger partial charge in [0.1, 0.15) is 6.10 Å². The Kier molecular flexibility index (Phi) is 2.85. The van der Waals surface area contributed by atoms with Crippen LogP contribution in [0, 0.1) is 0 Å². The van der Waals surface area contributed by atoms with Gasteiger partial charge in [-0.1, -0.05) is 35.5 Å². The molecule has 0 amide bonds. The summed E-state index contributed by atoms with van der Waals surface area (Å²) in [6.45, 7) is 0. The molecule has 86 valence electrons. The first kappa shape index (κ1) is 11.0. The van der Waals surface area contributed by atoms with Crippen LogP contribution in [0.2, 0.25) is 0 Å². The van der Waals surface area contributed by atoms with Crippen LogP contribution in [0.1, 0.15) is 12.0 Å². The quantitative estimate of drug-likeness (QED) is 0.764. The topological polar surface area (TPSA) is 21.6 Å². The van der Waals surface area contributed by atoms with Gasteiger partial charge in [0.15, 0.2) is 5.71 Å². The molecule has 0 spiro atoms. The Labute approximate surface area is 90.7 Å². The Hall–Kier alpha value is -1.52. The van der Waals surface area contributed by atoms with Crippen molar-refractivity contribution in [2.75, 3.05) is 0 Å². The second-order valence-corrected chi connectivity index (χ2v) is 3.66. The molecule has 1 aliphatic rings. The van der Waals surface area contributed by atoms with E-state index in [0.29, 0.717) is 6.42 Å². The highest BCUT2D eigenvalue weighted by Gasteiger charge is 2.41. The number of halogens is 3. The number of oxime groups is 1. The zero-order valence-corrected chi connectivity index (χ0v) is 8.37. The van der Waals surface area contributed by atoms with E-state index in [2.05, 4.69) is 5.16 Å². The van der Waals surface area contributed by atoms with E-state index in [9.17, 15) is 13.2 Å². The lowest BCUT2D eigenvalue weighted by Crippen LogP contribution is -2.23. The summed E-state index contributed by atoms with van der Waals surface area (Å²) in [7, 11) is 0. The van der Waals surface area contributed by atoms with Crippen molar-refractivity contribution in [3.8, 4) is 0 Å². The molecule has 1 heterocycles. The monoisotopic (exact) mass is 229 g/mol. The summed E-state index contributed by atoms with van der Waals surface area (Å²) in [5, 5.41) is 3.08. The van der Waals surface area contributed by atoms with Crippen LogP contribution in [-0.4, -0.2) is 18.0 Å². The fraction of sp³-hybridized carbons (Fsp3) is 0.364. The minimum Gasteiger partial charge on any atom is -0.392 e. The van der Waals surface area contributed by atoms with Crippen molar-refractivity contribution >= 4 is 5.71 Å². The normalized spacial score (nSPS) is 20.4. The lowest BCUT2D eigenvalue weighted by molar-refractivity contribution is -0.0604. The highest BCUT2D eigenvalue weighted by Crippen LogP contribution is 2.26. The standard InChI is InChI=1S/C11H10F3NO/c12-11(13,14)10-7-9(16-15-10)6-8-4-2-1-3-5-8/h1-5,9H,6-7H2. The van der Waals surface area contributed by atoms with Gasteiger partial charge in [-0.05, 0) is 5.56 Å². The smallest absolute Gasteiger partial charge is 0.392 e. The third kappa shape index (κ3) is 2.53. The number of nitrogens with zero attached hydrogens (tertiary/aromatic N) is 1. The molecule has 0 aliphatic carbocycles. The van der Waals surface area contributed by atoms with Crippen molar-refractivity contribution in [2.24, 2.45) is 5.16 Å². The van der Waals surface area contributed by atoms with Crippen LogP contribution in [0.15, 0.2) is 35.5 Å². The van der Waals surface area contributed by atoms with Gasteiger partial charge in [0.05, 0.1) is 0 Å². The molecule has 1 atom stereocenters. The second kappa shape index (κ2) is 4.15. The zero-order valence-electron chi connectivity index (χ0n) is 8.37. The highest BCUT2D eigenvalue weighted by atomic mass is 19.4. The molecule has 1 aromatic carbocycles. The van der Waals surface area contributed by atoms with Crippen molar-refractivity contribution in [3.63, 3.8) is 0 Å². The minimum atomic E-state index is -4.37. The average molecular weight is 229 g/mol. The van der Waals surface area contributed by atoms with Crippen molar-refractivity contribution in [1.82, 2.24) is 0 Å².